The molecule has 0 spiro atoms. The molecule has 0 radical (unpaired) electrons. The van der Waals surface area contributed by atoms with E-state index >= 15 is 0 Å². The van der Waals surface area contributed by atoms with Crippen LogP contribution < -0.4 is 5.32 Å². The number of rotatable bonds is 4. The molecule has 5 heteroatoms. The van der Waals surface area contributed by atoms with Crippen LogP contribution in [0.2, 0.25) is 0 Å². The zero-order valence-corrected chi connectivity index (χ0v) is 12.8. The first-order valence-electron chi connectivity index (χ1n) is 8.14. The molecule has 2 unspecified atom stereocenters. The summed E-state index contributed by atoms with van der Waals surface area (Å²) in [4.78, 5) is 14.4. The molecule has 1 N–H and O–H groups in total. The van der Waals surface area contributed by atoms with Gasteiger partial charge in [-0.05, 0) is 25.0 Å². The molecule has 0 aromatic heterocycles. The molecule has 0 bridgehead atoms. The summed E-state index contributed by atoms with van der Waals surface area (Å²) in [5, 5.41) is 2.65. The van der Waals surface area contributed by atoms with Crippen molar-refractivity contribution in [3.05, 3.63) is 30.1 Å². The van der Waals surface area contributed by atoms with Crippen molar-refractivity contribution in [2.45, 2.75) is 44.2 Å². The van der Waals surface area contributed by atoms with Crippen molar-refractivity contribution in [1.29, 1.82) is 0 Å². The Hall–Kier alpha value is -1.46. The van der Waals surface area contributed by atoms with Crippen LogP contribution in [0.25, 0.3) is 0 Å². The number of carbonyl (C=O) groups is 1. The van der Waals surface area contributed by atoms with Crippen molar-refractivity contribution in [3.63, 3.8) is 0 Å². The Kier molecular flexibility index (Phi) is 5.05. The van der Waals surface area contributed by atoms with Gasteiger partial charge in [0.15, 0.2) is 0 Å². The van der Waals surface area contributed by atoms with Crippen LogP contribution in [0.5, 0.6) is 0 Å². The van der Waals surface area contributed by atoms with Crippen LogP contribution in [-0.4, -0.2) is 42.6 Å². The van der Waals surface area contributed by atoms with Gasteiger partial charge in [-0.15, -0.1) is 0 Å². The zero-order chi connectivity index (χ0) is 15.4. The van der Waals surface area contributed by atoms with Crippen LogP contribution in [-0.2, 0) is 9.53 Å². The highest BCUT2D eigenvalue weighted by Gasteiger charge is 2.33. The Balaban J connectivity index is 1.51. The highest BCUT2D eigenvalue weighted by atomic mass is 19.1. The van der Waals surface area contributed by atoms with Gasteiger partial charge in [-0.1, -0.05) is 25.0 Å². The number of nitrogens with zero attached hydrogens (tertiary/aromatic N) is 1. The van der Waals surface area contributed by atoms with Gasteiger partial charge in [0.05, 0.1) is 18.4 Å². The summed E-state index contributed by atoms with van der Waals surface area (Å²) >= 11 is 0. The van der Waals surface area contributed by atoms with Gasteiger partial charge in [0.1, 0.15) is 5.82 Å². The SMILES string of the molecule is O=C(CCN1CCOC2CCCCC21)Nc1ccccc1F. The highest BCUT2D eigenvalue weighted by molar-refractivity contribution is 5.90. The van der Waals surface area contributed by atoms with E-state index in [9.17, 15) is 9.18 Å². The monoisotopic (exact) mass is 306 g/mol. The number of carbonyl (C=O) groups excluding carboxylic acids is 1. The van der Waals surface area contributed by atoms with Crippen LogP contribution in [0.3, 0.4) is 0 Å². The second kappa shape index (κ2) is 7.20. The van der Waals surface area contributed by atoms with Gasteiger partial charge in [0.2, 0.25) is 5.91 Å². The van der Waals surface area contributed by atoms with E-state index in [4.69, 9.17) is 4.74 Å². The third-order valence-electron chi connectivity index (χ3n) is 4.62. The van der Waals surface area contributed by atoms with E-state index < -0.39 is 5.82 Å². The Morgan fingerprint density at radius 1 is 1.32 bits per heavy atom. The minimum atomic E-state index is -0.394. The largest absolute Gasteiger partial charge is 0.375 e. The standard InChI is InChI=1S/C17H23FN2O2/c18-13-5-1-2-6-14(13)19-17(21)9-10-20-11-12-22-16-8-4-3-7-15(16)20/h1-2,5-6,15-16H,3-4,7-12H2,(H,19,21). The number of halogens is 1. The normalized spacial score (nSPS) is 25.5. The molecular weight excluding hydrogens is 283 g/mol. The molecule has 2 atom stereocenters. The molecule has 1 saturated heterocycles. The number of morpholine rings is 1. The Labute approximate surface area is 130 Å². The van der Waals surface area contributed by atoms with E-state index in [1.807, 2.05) is 0 Å². The maximum Gasteiger partial charge on any atom is 0.225 e. The number of anilines is 1. The van der Waals surface area contributed by atoms with E-state index in [1.165, 1.54) is 18.9 Å². The fourth-order valence-electron chi connectivity index (χ4n) is 3.47. The fraction of sp³-hybridized carbons (Fsp3) is 0.588. The molecule has 1 saturated carbocycles. The number of hydrogen-bond donors (Lipinski definition) is 1. The molecule has 120 valence electrons. The molecule has 2 fully saturated rings. The minimum absolute atomic E-state index is 0.135. The number of amides is 1. The third-order valence-corrected chi connectivity index (χ3v) is 4.62. The van der Waals surface area contributed by atoms with E-state index in [0.717, 1.165) is 26.0 Å². The highest BCUT2D eigenvalue weighted by Crippen LogP contribution is 2.28. The Morgan fingerprint density at radius 3 is 3.00 bits per heavy atom. The number of benzene rings is 1. The van der Waals surface area contributed by atoms with Crippen molar-refractivity contribution in [2.75, 3.05) is 25.0 Å². The Bertz CT molecular complexity index is 521. The molecule has 22 heavy (non-hydrogen) atoms. The van der Waals surface area contributed by atoms with Gasteiger partial charge in [0.25, 0.3) is 0 Å². The van der Waals surface area contributed by atoms with E-state index in [2.05, 4.69) is 10.2 Å². The van der Waals surface area contributed by atoms with Crippen molar-refractivity contribution in [1.82, 2.24) is 4.90 Å². The minimum Gasteiger partial charge on any atom is -0.375 e. The van der Waals surface area contributed by atoms with E-state index in [1.54, 1.807) is 18.2 Å². The summed E-state index contributed by atoms with van der Waals surface area (Å²) < 4.78 is 19.4. The fourth-order valence-corrected chi connectivity index (χ4v) is 3.47. The van der Waals surface area contributed by atoms with E-state index in [-0.39, 0.29) is 11.6 Å². The molecule has 1 aliphatic carbocycles. The summed E-state index contributed by atoms with van der Waals surface area (Å²) in [5.41, 5.74) is 0.255. The van der Waals surface area contributed by atoms with Crippen LogP contribution in [0.15, 0.2) is 24.3 Å². The van der Waals surface area contributed by atoms with Crippen LogP contribution in [0, 0.1) is 5.82 Å². The first kappa shape index (κ1) is 15.4. The van der Waals surface area contributed by atoms with Gasteiger partial charge in [-0.2, -0.15) is 0 Å². The number of nitrogens with one attached hydrogen (secondary N) is 1. The quantitative estimate of drug-likeness (QED) is 0.930. The number of fused-ring (bicyclic) bond motifs is 1. The predicted molar refractivity (Wildman–Crippen MR) is 83.2 cm³/mol. The molecule has 1 aliphatic heterocycles. The number of para-hydroxylation sites is 1. The first-order valence-corrected chi connectivity index (χ1v) is 8.14. The van der Waals surface area contributed by atoms with Gasteiger partial charge in [-0.25, -0.2) is 4.39 Å². The lowest BCUT2D eigenvalue weighted by Gasteiger charge is -2.43. The second-order valence-corrected chi connectivity index (χ2v) is 6.08. The molecule has 1 aromatic rings. The molecule has 1 heterocycles. The second-order valence-electron chi connectivity index (χ2n) is 6.08. The summed E-state index contributed by atoms with van der Waals surface area (Å²) in [6.45, 7) is 2.34. The smallest absolute Gasteiger partial charge is 0.225 e. The third kappa shape index (κ3) is 3.65. The van der Waals surface area contributed by atoms with Gasteiger partial charge >= 0.3 is 0 Å². The lowest BCUT2D eigenvalue weighted by atomic mass is 9.90. The maximum atomic E-state index is 13.5. The van der Waals surface area contributed by atoms with Crippen molar-refractivity contribution < 1.29 is 13.9 Å². The molecule has 1 amide bonds. The van der Waals surface area contributed by atoms with Crippen LogP contribution in [0.1, 0.15) is 32.1 Å². The predicted octanol–water partition coefficient (Wildman–Crippen LogP) is 2.80. The lowest BCUT2D eigenvalue weighted by Crippen LogP contribution is -2.53. The molecule has 4 nitrogen and oxygen atoms in total. The zero-order valence-electron chi connectivity index (χ0n) is 12.8. The number of ether oxygens (including phenoxy) is 1. The van der Waals surface area contributed by atoms with E-state index in [0.29, 0.717) is 25.1 Å². The average Bonchev–Trinajstić information content (AvgIpc) is 2.55. The average molecular weight is 306 g/mol. The van der Waals surface area contributed by atoms with Crippen LogP contribution >= 0.6 is 0 Å². The summed E-state index contributed by atoms with van der Waals surface area (Å²) in [7, 11) is 0. The van der Waals surface area contributed by atoms with Crippen molar-refractivity contribution in [2.24, 2.45) is 0 Å². The summed E-state index contributed by atoms with van der Waals surface area (Å²) in [6.07, 6.45) is 5.47. The van der Waals surface area contributed by atoms with Gasteiger partial charge < -0.3 is 10.1 Å². The molecule has 3 rings (SSSR count). The Morgan fingerprint density at radius 2 is 2.14 bits per heavy atom. The topological polar surface area (TPSA) is 41.6 Å². The van der Waals surface area contributed by atoms with Crippen molar-refractivity contribution in [3.8, 4) is 0 Å². The lowest BCUT2D eigenvalue weighted by molar-refractivity contribution is -0.118. The number of hydrogen-bond acceptors (Lipinski definition) is 3. The van der Waals surface area contributed by atoms with Gasteiger partial charge in [-0.3, -0.25) is 9.69 Å². The molecule has 1 aromatic carbocycles. The van der Waals surface area contributed by atoms with Crippen molar-refractivity contribution >= 4 is 11.6 Å². The molecular formula is C17H23FN2O2. The van der Waals surface area contributed by atoms with Crippen LogP contribution in [0.4, 0.5) is 10.1 Å². The summed E-state index contributed by atoms with van der Waals surface area (Å²) in [5.74, 6) is -0.529. The molecule has 2 aliphatic rings. The first-order chi connectivity index (χ1) is 10.7. The maximum absolute atomic E-state index is 13.5. The van der Waals surface area contributed by atoms with Gasteiger partial charge in [0, 0.05) is 25.6 Å². The summed E-state index contributed by atoms with van der Waals surface area (Å²) in [6, 6.07) is 6.71.